The third-order valence-electron chi connectivity index (χ3n) is 18.4. The molecule has 4 fully saturated rings. The van der Waals surface area contributed by atoms with Gasteiger partial charge in [-0.2, -0.15) is 0 Å². The zero-order valence-electron chi connectivity index (χ0n) is 64.6. The number of anilines is 1. The average Bonchev–Trinajstić information content (AvgIpc) is 1.57. The van der Waals surface area contributed by atoms with Crippen LogP contribution in [0, 0.1) is 5.92 Å². The van der Waals surface area contributed by atoms with Crippen molar-refractivity contribution in [3.63, 3.8) is 0 Å². The molecule has 4 saturated heterocycles. The molecular weight excluding hydrogens is 1490 g/mol. The van der Waals surface area contributed by atoms with Crippen molar-refractivity contribution in [2.24, 2.45) is 5.92 Å². The number of ether oxygens (including phenoxy) is 17. The summed E-state index contributed by atoms with van der Waals surface area (Å²) in [6, 6.07) is 2.34. The Bertz CT molecular complexity index is 3160. The molecule has 34 nitrogen and oxygen atoms in total. The topological polar surface area (TPSA) is 380 Å². The smallest absolute Gasteiger partial charge is 0.409 e. The monoisotopic (exact) mass is 1600 g/mol. The number of benzene rings is 1. The van der Waals surface area contributed by atoms with Crippen molar-refractivity contribution in [2.75, 3.05) is 211 Å². The molecule has 6 rings (SSSR count). The van der Waals surface area contributed by atoms with Crippen molar-refractivity contribution in [1.29, 1.82) is 0 Å². The highest BCUT2D eigenvalue weighted by Gasteiger charge is 2.64. The molecule has 3 N–H and O–H groups in total. The van der Waals surface area contributed by atoms with E-state index in [4.69, 9.17) is 97.0 Å². The quantitative estimate of drug-likeness (QED) is 0.0364. The number of alkyl carbamates (subject to hydrolysis) is 1. The molecule has 110 heavy (non-hydrogen) atoms. The Hall–Kier alpha value is -6.49. The number of methoxy groups -OCH3 is 2. The predicted molar refractivity (Wildman–Crippen MR) is 397 cm³/mol. The number of likely N-dealkylation sites (N-methyl/N-ethyl adjacent to an activating group) is 1. The fourth-order valence-corrected chi connectivity index (χ4v) is 13.3. The number of esters is 1. The minimum absolute atomic E-state index is 0.0135. The Balaban J connectivity index is 0.723. The van der Waals surface area contributed by atoms with Crippen molar-refractivity contribution in [3.8, 4) is 5.75 Å². The molecule has 0 radical (unpaired) electrons. The number of nitrogens with zero attached hydrogens (tertiary/aromatic N) is 4. The van der Waals surface area contributed by atoms with Crippen LogP contribution in [0.4, 0.5) is 10.5 Å². The number of carbonyl (C=O) groups is 9. The molecule has 9 atom stereocenters. The van der Waals surface area contributed by atoms with E-state index in [0.717, 1.165) is 32.9 Å². The number of allylic oxidation sites excluding steroid dienone is 4. The summed E-state index contributed by atoms with van der Waals surface area (Å²) in [4.78, 5) is 126. The molecule has 1 aromatic carbocycles. The molecule has 0 spiro atoms. The highest BCUT2D eigenvalue weighted by Crippen LogP contribution is 2.49. The number of amides is 7. The lowest BCUT2D eigenvalue weighted by molar-refractivity contribution is -0.187. The zero-order valence-corrected chi connectivity index (χ0v) is 66.2. The van der Waals surface area contributed by atoms with Gasteiger partial charge in [-0.25, -0.2) is 14.4 Å². The molecule has 4 bridgehead atoms. The maximum Gasteiger partial charge on any atom is 0.409 e. The summed E-state index contributed by atoms with van der Waals surface area (Å²) in [5.41, 5.74) is -0.797. The van der Waals surface area contributed by atoms with E-state index in [1.807, 2.05) is 13.0 Å². The highest BCUT2D eigenvalue weighted by atomic mass is 35.5. The summed E-state index contributed by atoms with van der Waals surface area (Å²) in [5.74, 6) is -4.12. The lowest BCUT2D eigenvalue weighted by Crippen LogP contribution is -2.63. The molecule has 5 heterocycles. The summed E-state index contributed by atoms with van der Waals surface area (Å²) in [5, 5.41) is 17.5. The molecule has 7 amide bonds. The van der Waals surface area contributed by atoms with Gasteiger partial charge in [0.05, 0.1) is 201 Å². The van der Waals surface area contributed by atoms with Crippen LogP contribution in [-0.2, 0) is 125 Å². The van der Waals surface area contributed by atoms with Crippen molar-refractivity contribution in [2.45, 2.75) is 133 Å². The summed E-state index contributed by atoms with van der Waals surface area (Å²) >= 11 is 7.96. The van der Waals surface area contributed by atoms with E-state index in [1.165, 1.54) is 45.0 Å². The highest BCUT2D eigenvalue weighted by molar-refractivity contribution is 8.00. The number of halogens is 1. The maximum absolute atomic E-state index is 14.4. The molecule has 1 aromatic rings. The van der Waals surface area contributed by atoms with Gasteiger partial charge in [0.15, 0.2) is 5.72 Å². The first-order valence-corrected chi connectivity index (χ1v) is 38.6. The maximum atomic E-state index is 14.4. The van der Waals surface area contributed by atoms with Crippen LogP contribution >= 0.6 is 23.4 Å². The summed E-state index contributed by atoms with van der Waals surface area (Å²) < 4.78 is 95.5. The standard InChI is InChI=1S/C74H113ClN6O28S/c1-51-11-10-12-60(93-9)74(91)50-58(106-72(90)77-74)53(3)69-73(5,108-69)61(49-65(85)79(7)56-46-55(45-51)47-57(92-8)68(56)75)107-71(89)54(4)78(6)63(83)17-44-110-59-48-66(86)80(70(59)88)19-15-62(82)76-18-21-95-23-25-97-27-29-99-31-33-101-35-37-103-39-41-105-43-42-104-40-38-102-36-34-100-32-30-98-28-26-96-24-22-94-20-16-67(87)109-81-52(2)13-14-64(81)84/h10-12,46-47,53-54,58-61,69,91H,2,13-45,48-50H2,1,3-9H3,(H,76,82)(H,77,90)/b12-10+,51-11+/t53-,54-,58+,59?,60-,61+,69+,73+,74+/m1/s1. The zero-order chi connectivity index (χ0) is 79.9. The number of fused-ring (bicyclic) bond motifs is 5. The van der Waals surface area contributed by atoms with Crippen LogP contribution in [0.25, 0.3) is 0 Å². The molecule has 620 valence electrons. The van der Waals surface area contributed by atoms with Crippen LogP contribution in [0.2, 0.25) is 5.02 Å². The third kappa shape index (κ3) is 31.5. The van der Waals surface area contributed by atoms with Gasteiger partial charge in [-0.3, -0.25) is 39.0 Å². The van der Waals surface area contributed by atoms with Gasteiger partial charge in [0.1, 0.15) is 40.7 Å². The van der Waals surface area contributed by atoms with E-state index in [9.17, 15) is 48.3 Å². The van der Waals surface area contributed by atoms with E-state index in [0.29, 0.717) is 169 Å². The number of imide groups is 1. The first-order valence-electron chi connectivity index (χ1n) is 37.1. The SMILES string of the molecule is C=C1CCC(=O)N1OC(=O)CCOCCOCCOCCOCCOCCOCCOCCOCCOCCOCCOCCOCCNC(=O)CCN1C(=O)CC(SCCC(=O)N(C)[C@H](C)C(=O)O[C@H]2CC(=O)N(C)c3cc(cc(OC)c3Cl)C/C(C)=C/C=C/[C@@H](OC)[C@@]3(O)C[C@H](OC(=O)N3)[C@@H](C)[C@@H]3O[C@@]23C)C1=O. The number of thioether (sulfide) groups is 1. The molecule has 5 aliphatic heterocycles. The molecule has 36 heteroatoms. The van der Waals surface area contributed by atoms with Gasteiger partial charge in [-0.15, -0.1) is 16.8 Å². The molecular formula is C74H113ClN6O28S. The number of aliphatic hydroxyl groups is 1. The Labute approximate surface area is 652 Å². The number of likely N-dealkylation sites (tertiary alicyclic amines) is 1. The normalized spacial score (nSPS) is 23.3. The Kier molecular flexibility index (Phi) is 41.9. The second-order valence-corrected chi connectivity index (χ2v) is 28.2. The van der Waals surface area contributed by atoms with E-state index < -0.39 is 101 Å². The van der Waals surface area contributed by atoms with E-state index in [1.54, 1.807) is 38.1 Å². The van der Waals surface area contributed by atoms with Crippen LogP contribution in [0.5, 0.6) is 5.75 Å². The Morgan fingerprint density at radius 3 is 1.77 bits per heavy atom. The first kappa shape index (κ1) is 92.4. The summed E-state index contributed by atoms with van der Waals surface area (Å²) in [6.45, 7) is 19.6. The van der Waals surface area contributed by atoms with Gasteiger partial charge in [-0.1, -0.05) is 48.9 Å². The van der Waals surface area contributed by atoms with Gasteiger partial charge < -0.3 is 106 Å². The van der Waals surface area contributed by atoms with Crippen molar-refractivity contribution < 1.29 is 134 Å². The summed E-state index contributed by atoms with van der Waals surface area (Å²) in [7, 11) is 5.83. The number of epoxide rings is 1. The molecule has 0 aromatic heterocycles. The van der Waals surface area contributed by atoms with Crippen LogP contribution < -0.4 is 20.3 Å². The van der Waals surface area contributed by atoms with Crippen molar-refractivity contribution >= 4 is 82.5 Å². The number of rotatable bonds is 52. The number of hydrogen-bond donors (Lipinski definition) is 3. The fraction of sp³-hybridized carbons (Fsp3) is 0.716. The second kappa shape index (κ2) is 49.9. The number of nitrogens with one attached hydrogen (secondary N) is 2. The number of hydrogen-bond acceptors (Lipinski definition) is 29. The minimum Gasteiger partial charge on any atom is -0.495 e. The third-order valence-corrected chi connectivity index (χ3v) is 20.0. The van der Waals surface area contributed by atoms with Crippen LogP contribution in [0.1, 0.15) is 84.6 Å². The first-order chi connectivity index (χ1) is 52.9. The van der Waals surface area contributed by atoms with E-state index >= 15 is 0 Å². The van der Waals surface area contributed by atoms with Gasteiger partial charge in [-0.05, 0) is 51.3 Å². The van der Waals surface area contributed by atoms with E-state index in [-0.39, 0.29) is 94.0 Å². The van der Waals surface area contributed by atoms with Crippen molar-refractivity contribution in [3.05, 3.63) is 58.8 Å². The van der Waals surface area contributed by atoms with Gasteiger partial charge >= 0.3 is 18.0 Å². The lowest BCUT2D eigenvalue weighted by atomic mass is 9.83. The molecule has 5 aliphatic rings. The lowest BCUT2D eigenvalue weighted by Gasteiger charge is -2.42. The minimum atomic E-state index is -1.90. The van der Waals surface area contributed by atoms with Crippen LogP contribution in [-0.4, -0.2) is 326 Å². The Morgan fingerprint density at radius 1 is 0.736 bits per heavy atom. The fourth-order valence-electron chi connectivity index (χ4n) is 11.8. The Morgan fingerprint density at radius 2 is 1.26 bits per heavy atom. The van der Waals surface area contributed by atoms with E-state index in [2.05, 4.69) is 17.2 Å². The molecule has 0 aliphatic carbocycles. The van der Waals surface area contributed by atoms with Gasteiger partial charge in [0.2, 0.25) is 29.5 Å². The summed E-state index contributed by atoms with van der Waals surface area (Å²) in [6.07, 6.45) is 0.649. The number of carbonyl (C=O) groups excluding carboxylic acids is 9. The predicted octanol–water partition coefficient (Wildman–Crippen LogP) is 3.46. The van der Waals surface area contributed by atoms with Gasteiger partial charge in [0.25, 0.3) is 5.91 Å². The largest absolute Gasteiger partial charge is 0.495 e. The second-order valence-electron chi connectivity index (χ2n) is 26.5. The number of hydroxylamine groups is 2. The van der Waals surface area contributed by atoms with Gasteiger partial charge in [0, 0.05) is 78.1 Å². The molecule has 1 unspecified atom stereocenters. The van der Waals surface area contributed by atoms with Crippen LogP contribution in [0.15, 0.2) is 48.2 Å². The van der Waals surface area contributed by atoms with Crippen LogP contribution in [0.3, 0.4) is 0 Å². The van der Waals surface area contributed by atoms with Crippen molar-refractivity contribution in [1.82, 2.24) is 25.5 Å². The average molecular weight is 1600 g/mol. The molecule has 0 saturated carbocycles.